The maximum Gasteiger partial charge on any atom is 0.444 e. The average Bonchev–Trinajstić information content (AvgIpc) is 3.10. The molecular weight excluding hydrogens is 430 g/mol. The van der Waals surface area contributed by atoms with Gasteiger partial charge in [-0.25, -0.2) is 4.39 Å². The average molecular weight is 450 g/mol. The Morgan fingerprint density at radius 1 is 1.38 bits per heavy atom. The van der Waals surface area contributed by atoms with Gasteiger partial charge < -0.3 is 15.8 Å². The van der Waals surface area contributed by atoms with Gasteiger partial charge in [0.2, 0.25) is 5.95 Å². The molecule has 1 aromatic heterocycles. The second-order valence-electron chi connectivity index (χ2n) is 6.05. The monoisotopic (exact) mass is 449 g/mol. The van der Waals surface area contributed by atoms with Crippen molar-refractivity contribution in [2.75, 3.05) is 5.73 Å². The number of alkyl halides is 4. The van der Waals surface area contributed by atoms with E-state index in [-0.39, 0.29) is 17.7 Å². The van der Waals surface area contributed by atoms with Crippen molar-refractivity contribution in [3.63, 3.8) is 0 Å². The Labute approximate surface area is 176 Å². The van der Waals surface area contributed by atoms with Gasteiger partial charge in [0.25, 0.3) is 5.63 Å². The molecule has 1 aromatic carbocycles. The van der Waals surface area contributed by atoms with Gasteiger partial charge >= 0.3 is 6.11 Å². The summed E-state index contributed by atoms with van der Waals surface area (Å²) in [5.41, 5.74) is 4.23. The van der Waals surface area contributed by atoms with E-state index in [9.17, 15) is 13.2 Å². The summed E-state index contributed by atoms with van der Waals surface area (Å²) in [6.45, 7) is 7.62. The van der Waals surface area contributed by atoms with Crippen LogP contribution in [0.4, 0.5) is 19.1 Å². The van der Waals surface area contributed by atoms with Crippen LogP contribution in [-0.4, -0.2) is 26.5 Å². The molecule has 0 aliphatic rings. The lowest BCUT2D eigenvalue weighted by molar-refractivity contribution is -0.199. The van der Waals surface area contributed by atoms with E-state index in [0.29, 0.717) is 28.4 Å². The van der Waals surface area contributed by atoms with Crippen LogP contribution in [-0.2, 0) is 0 Å². The Hall–Kier alpha value is -2.39. The molecular formula is C18H20Cl2F3N5O. The largest absolute Gasteiger partial charge is 0.444 e. The molecule has 0 aliphatic carbocycles. The molecule has 0 radical (unpaired) electrons. The molecule has 0 bridgehead atoms. The van der Waals surface area contributed by atoms with Crippen LogP contribution >= 0.6 is 23.2 Å². The molecule has 0 amide bonds. The molecule has 0 spiro atoms. The van der Waals surface area contributed by atoms with Crippen molar-refractivity contribution in [2.45, 2.75) is 38.0 Å². The number of benzene rings is 1. The first-order valence-corrected chi connectivity index (χ1v) is 9.33. The number of ether oxygens (including phenoxy) is 1. The summed E-state index contributed by atoms with van der Waals surface area (Å²) >= 11 is 11.2. The lowest BCUT2D eigenvalue weighted by Gasteiger charge is -2.21. The van der Waals surface area contributed by atoms with E-state index in [1.807, 2.05) is 13.8 Å². The predicted octanol–water partition coefficient (Wildman–Crippen LogP) is 5.05. The number of hydrogen-bond acceptors (Lipinski definition) is 5. The van der Waals surface area contributed by atoms with Gasteiger partial charge in [-0.05, 0) is 36.6 Å². The summed E-state index contributed by atoms with van der Waals surface area (Å²) in [6.07, 6.45) is -2.26. The normalized spacial score (nSPS) is 14.7. The summed E-state index contributed by atoms with van der Waals surface area (Å²) in [7, 11) is 0. The number of nitrogen functional groups attached to an aromatic ring is 1. The predicted molar refractivity (Wildman–Crippen MR) is 107 cm³/mol. The number of rotatable bonds is 9. The van der Waals surface area contributed by atoms with Gasteiger partial charge in [0, 0.05) is 6.04 Å². The van der Waals surface area contributed by atoms with Crippen LogP contribution in [0.1, 0.15) is 31.9 Å². The van der Waals surface area contributed by atoms with E-state index in [4.69, 9.17) is 28.9 Å². The first kappa shape index (κ1) is 22.9. The van der Waals surface area contributed by atoms with E-state index in [1.165, 1.54) is 35.3 Å². The molecule has 2 atom stereocenters. The van der Waals surface area contributed by atoms with Gasteiger partial charge in [-0.3, -0.25) is 0 Å². The van der Waals surface area contributed by atoms with Gasteiger partial charge in [0.05, 0.1) is 5.03 Å². The van der Waals surface area contributed by atoms with Gasteiger partial charge in [0.15, 0.2) is 5.82 Å². The highest BCUT2D eigenvalue weighted by Gasteiger charge is 2.42. The molecule has 1 heterocycles. The maximum absolute atomic E-state index is 13.3. The highest BCUT2D eigenvalue weighted by atomic mass is 35.5. The smallest absolute Gasteiger partial charge is 0.429 e. The third kappa shape index (κ3) is 5.57. The molecule has 0 saturated heterocycles. The second-order valence-corrected chi connectivity index (χ2v) is 6.81. The Kier molecular flexibility index (Phi) is 7.43. The number of nitrogens with zero attached hydrogens (tertiary/aromatic N) is 3. The fourth-order valence-electron chi connectivity index (χ4n) is 2.28. The summed E-state index contributed by atoms with van der Waals surface area (Å²) < 4.78 is 44.8. The molecule has 2 aromatic rings. The molecule has 2 unspecified atom stereocenters. The van der Waals surface area contributed by atoms with E-state index in [0.717, 1.165) is 0 Å². The van der Waals surface area contributed by atoms with Crippen LogP contribution in [0.2, 0.25) is 0 Å². The van der Waals surface area contributed by atoms with Crippen molar-refractivity contribution in [2.24, 2.45) is 0 Å². The molecule has 158 valence electrons. The fourth-order valence-corrected chi connectivity index (χ4v) is 2.59. The van der Waals surface area contributed by atoms with Crippen LogP contribution in [0.15, 0.2) is 47.8 Å². The van der Waals surface area contributed by atoms with Gasteiger partial charge in [-0.15, -0.1) is 0 Å². The van der Waals surface area contributed by atoms with E-state index >= 15 is 0 Å². The van der Waals surface area contributed by atoms with Crippen LogP contribution < -0.4 is 15.8 Å². The zero-order valence-electron chi connectivity index (χ0n) is 15.7. The summed E-state index contributed by atoms with van der Waals surface area (Å²) in [5, 5.41) is 7.56. The third-order valence-electron chi connectivity index (χ3n) is 3.97. The number of anilines is 1. The topological polar surface area (TPSA) is 78.0 Å². The molecule has 6 nitrogen and oxygen atoms in total. The SMILES string of the molecule is C=C(CC)/C(Cl)=C(/NC(C)c1ccc(OC(F)(F)C(F)Cl)cc1)n1ncnc1N. The molecule has 3 N–H and O–H groups in total. The minimum Gasteiger partial charge on any atom is -0.429 e. The van der Waals surface area contributed by atoms with Gasteiger partial charge in [-0.1, -0.05) is 48.8 Å². The van der Waals surface area contributed by atoms with E-state index in [2.05, 4.69) is 26.7 Å². The van der Waals surface area contributed by atoms with E-state index < -0.39 is 11.7 Å². The zero-order valence-corrected chi connectivity index (χ0v) is 17.2. The molecule has 11 heteroatoms. The summed E-state index contributed by atoms with van der Waals surface area (Å²) in [6, 6.07) is 5.29. The standard InChI is InChI=1S/C18H20Cl2F3N5O/c1-4-10(2)14(19)15(28-17(24)25-9-26-28)27-11(3)12-5-7-13(8-6-12)29-18(22,23)16(20)21/h5-9,11,16,27H,2,4H2,1,3H3,(H2,24,25,26)/b15-14+. The number of nitrogens with one attached hydrogen (secondary N) is 1. The van der Waals surface area contributed by atoms with Gasteiger partial charge in [-0.2, -0.15) is 23.5 Å². The third-order valence-corrected chi connectivity index (χ3v) is 4.67. The van der Waals surface area contributed by atoms with Crippen molar-refractivity contribution < 1.29 is 17.9 Å². The van der Waals surface area contributed by atoms with Crippen LogP contribution in [0.5, 0.6) is 5.75 Å². The van der Waals surface area contributed by atoms with Crippen molar-refractivity contribution in [1.29, 1.82) is 0 Å². The first-order chi connectivity index (χ1) is 13.6. The highest BCUT2D eigenvalue weighted by Crippen LogP contribution is 2.30. The van der Waals surface area contributed by atoms with Crippen LogP contribution in [0.3, 0.4) is 0 Å². The van der Waals surface area contributed by atoms with Crippen molar-refractivity contribution >= 4 is 35.0 Å². The quantitative estimate of drug-likeness (QED) is 0.413. The fraction of sp³-hybridized carbons (Fsp3) is 0.333. The second kappa shape index (κ2) is 9.41. The molecule has 0 saturated carbocycles. The van der Waals surface area contributed by atoms with Gasteiger partial charge in [0.1, 0.15) is 12.1 Å². The Balaban J connectivity index is 2.25. The van der Waals surface area contributed by atoms with Crippen molar-refractivity contribution in [1.82, 2.24) is 20.1 Å². The number of halogens is 5. The number of aromatic nitrogens is 3. The summed E-state index contributed by atoms with van der Waals surface area (Å²) in [5.74, 6) is 0.257. The Morgan fingerprint density at radius 3 is 2.48 bits per heavy atom. The molecule has 2 rings (SSSR count). The molecule has 0 aliphatic heterocycles. The van der Waals surface area contributed by atoms with E-state index in [1.54, 1.807) is 0 Å². The summed E-state index contributed by atoms with van der Waals surface area (Å²) in [4.78, 5) is 3.88. The number of hydrogen-bond donors (Lipinski definition) is 2. The highest BCUT2D eigenvalue weighted by molar-refractivity contribution is 6.34. The zero-order chi connectivity index (χ0) is 21.8. The van der Waals surface area contributed by atoms with Crippen LogP contribution in [0.25, 0.3) is 5.82 Å². The number of allylic oxidation sites excluding steroid dienone is 2. The lowest BCUT2D eigenvalue weighted by atomic mass is 10.1. The van der Waals surface area contributed by atoms with Crippen molar-refractivity contribution in [3.8, 4) is 5.75 Å². The molecule has 0 fully saturated rings. The van der Waals surface area contributed by atoms with Crippen LogP contribution in [0, 0.1) is 0 Å². The molecule has 29 heavy (non-hydrogen) atoms. The maximum atomic E-state index is 13.3. The Bertz CT molecular complexity index is 884. The number of nitrogens with two attached hydrogens (primary N) is 1. The lowest BCUT2D eigenvalue weighted by Crippen LogP contribution is -2.32. The van der Waals surface area contributed by atoms with Crippen molar-refractivity contribution in [3.05, 3.63) is 53.3 Å². The minimum absolute atomic E-state index is 0.120. The Morgan fingerprint density at radius 2 is 2.00 bits per heavy atom. The first-order valence-electron chi connectivity index (χ1n) is 8.52. The minimum atomic E-state index is -4.14.